The van der Waals surface area contributed by atoms with Crippen molar-refractivity contribution in [1.82, 2.24) is 0 Å². The topological polar surface area (TPSA) is 58.9 Å². The molecule has 4 heteroatoms. The summed E-state index contributed by atoms with van der Waals surface area (Å²) in [6, 6.07) is 0. The van der Waals surface area contributed by atoms with Gasteiger partial charge in [0.1, 0.15) is 6.10 Å². The van der Waals surface area contributed by atoms with E-state index in [-0.39, 0.29) is 6.61 Å². The van der Waals surface area contributed by atoms with E-state index >= 15 is 0 Å². The van der Waals surface area contributed by atoms with Crippen molar-refractivity contribution in [2.75, 3.05) is 19.8 Å². The van der Waals surface area contributed by atoms with Crippen molar-refractivity contribution in [3.8, 4) is 0 Å². The summed E-state index contributed by atoms with van der Waals surface area (Å²) in [5.74, 6) is 0. The predicted molar refractivity (Wildman–Crippen MR) is 28.8 cm³/mol. The molecule has 0 aliphatic carbocycles. The van der Waals surface area contributed by atoms with Crippen molar-refractivity contribution in [3.05, 3.63) is 0 Å². The molecule has 1 aliphatic heterocycles. The summed E-state index contributed by atoms with van der Waals surface area (Å²) in [5.41, 5.74) is 0. The number of ether oxygens (including phenoxy) is 2. The lowest BCUT2D eigenvalue weighted by Crippen LogP contribution is -2.29. The molecule has 0 spiro atoms. The van der Waals surface area contributed by atoms with E-state index in [4.69, 9.17) is 19.7 Å². The van der Waals surface area contributed by atoms with E-state index in [1.165, 1.54) is 0 Å². The highest BCUT2D eigenvalue weighted by Crippen LogP contribution is 2.07. The van der Waals surface area contributed by atoms with Crippen LogP contribution in [0.2, 0.25) is 0 Å². The lowest BCUT2D eigenvalue weighted by Gasteiger charge is -2.12. The number of aliphatic hydroxyl groups excluding tert-OH is 2. The molecule has 0 bridgehead atoms. The van der Waals surface area contributed by atoms with Crippen molar-refractivity contribution in [3.63, 3.8) is 0 Å². The van der Waals surface area contributed by atoms with E-state index < -0.39 is 12.4 Å². The van der Waals surface area contributed by atoms with Gasteiger partial charge in [0.25, 0.3) is 0 Å². The van der Waals surface area contributed by atoms with E-state index in [9.17, 15) is 0 Å². The second-order valence-corrected chi connectivity index (χ2v) is 1.86. The van der Waals surface area contributed by atoms with Crippen molar-refractivity contribution >= 4 is 0 Å². The fourth-order valence-corrected chi connectivity index (χ4v) is 0.685. The van der Waals surface area contributed by atoms with E-state index in [0.29, 0.717) is 13.2 Å². The van der Waals surface area contributed by atoms with Gasteiger partial charge in [0.2, 0.25) is 0 Å². The van der Waals surface area contributed by atoms with Crippen LogP contribution in [0.5, 0.6) is 0 Å². The maximum Gasteiger partial charge on any atom is 0.185 e. The highest BCUT2D eigenvalue weighted by Gasteiger charge is 2.23. The van der Waals surface area contributed by atoms with Gasteiger partial charge in [0, 0.05) is 0 Å². The quantitative estimate of drug-likeness (QED) is 0.493. The lowest BCUT2D eigenvalue weighted by molar-refractivity contribution is -0.132. The van der Waals surface area contributed by atoms with Gasteiger partial charge in [-0.15, -0.1) is 0 Å². The Bertz CT molecular complexity index is 79.0. The number of hydrogen-bond acceptors (Lipinski definition) is 4. The van der Waals surface area contributed by atoms with Gasteiger partial charge in [-0.1, -0.05) is 0 Å². The summed E-state index contributed by atoms with van der Waals surface area (Å²) >= 11 is 0. The summed E-state index contributed by atoms with van der Waals surface area (Å²) in [6.07, 6.45) is -1.51. The summed E-state index contributed by atoms with van der Waals surface area (Å²) in [6.45, 7) is 0.689. The highest BCUT2D eigenvalue weighted by molar-refractivity contribution is 4.61. The average molecular weight is 134 g/mol. The molecule has 1 heterocycles. The third-order valence-corrected chi connectivity index (χ3v) is 1.15. The molecule has 1 atom stereocenters. The number of aliphatic hydroxyl groups is 2. The van der Waals surface area contributed by atoms with Gasteiger partial charge >= 0.3 is 0 Å². The van der Waals surface area contributed by atoms with E-state index in [2.05, 4.69) is 0 Å². The highest BCUT2D eigenvalue weighted by atomic mass is 16.7. The molecule has 0 aromatic heterocycles. The molecular formula is C5H10O4. The predicted octanol–water partition coefficient (Wildman–Crippen LogP) is -1.29. The Balaban J connectivity index is 2.24. The van der Waals surface area contributed by atoms with Crippen molar-refractivity contribution in [2.24, 2.45) is 0 Å². The third-order valence-electron chi connectivity index (χ3n) is 1.15. The van der Waals surface area contributed by atoms with Gasteiger partial charge in [-0.05, 0) is 0 Å². The second-order valence-electron chi connectivity index (χ2n) is 1.86. The number of hydrogen-bond donors (Lipinski definition) is 2. The molecule has 0 aromatic rings. The molecule has 0 saturated carbocycles. The van der Waals surface area contributed by atoms with Crippen molar-refractivity contribution in [1.29, 1.82) is 0 Å². The fraction of sp³-hybridized carbons (Fsp3) is 1.00. The Kier molecular flexibility index (Phi) is 2.41. The van der Waals surface area contributed by atoms with Crippen LogP contribution in [0, 0.1) is 0 Å². The molecule has 1 fully saturated rings. The summed E-state index contributed by atoms with van der Waals surface area (Å²) in [7, 11) is 0. The molecule has 0 aromatic carbocycles. The minimum Gasteiger partial charge on any atom is -0.393 e. The van der Waals surface area contributed by atoms with Gasteiger partial charge in [0.15, 0.2) is 6.29 Å². The summed E-state index contributed by atoms with van der Waals surface area (Å²) < 4.78 is 9.75. The Hall–Kier alpha value is -0.160. The maximum absolute atomic E-state index is 8.86. The summed E-state index contributed by atoms with van der Waals surface area (Å²) in [5, 5.41) is 17.2. The van der Waals surface area contributed by atoms with Gasteiger partial charge in [-0.2, -0.15) is 0 Å². The Labute approximate surface area is 53.0 Å². The van der Waals surface area contributed by atoms with Crippen molar-refractivity contribution in [2.45, 2.75) is 12.4 Å². The van der Waals surface area contributed by atoms with Crippen LogP contribution in [0.1, 0.15) is 0 Å². The lowest BCUT2D eigenvalue weighted by atomic mass is 10.4. The Morgan fingerprint density at radius 3 is 2.44 bits per heavy atom. The zero-order valence-corrected chi connectivity index (χ0v) is 4.99. The zero-order valence-electron chi connectivity index (χ0n) is 4.99. The molecule has 1 rings (SSSR count). The molecular weight excluding hydrogens is 124 g/mol. The minimum absolute atomic E-state index is 0.315. The van der Waals surface area contributed by atoms with Crippen LogP contribution in [0.3, 0.4) is 0 Å². The Morgan fingerprint density at radius 1 is 1.44 bits per heavy atom. The van der Waals surface area contributed by atoms with Crippen LogP contribution in [-0.4, -0.2) is 42.4 Å². The molecule has 1 aliphatic rings. The summed E-state index contributed by atoms with van der Waals surface area (Å²) in [4.78, 5) is 0. The smallest absolute Gasteiger partial charge is 0.185 e. The first-order chi connectivity index (χ1) is 4.34. The average Bonchev–Trinajstić information content (AvgIpc) is 2.37. The van der Waals surface area contributed by atoms with E-state index in [1.54, 1.807) is 0 Å². The van der Waals surface area contributed by atoms with Gasteiger partial charge in [-0.3, -0.25) is 0 Å². The van der Waals surface area contributed by atoms with Gasteiger partial charge < -0.3 is 19.7 Å². The second kappa shape index (κ2) is 3.12. The fourth-order valence-electron chi connectivity index (χ4n) is 0.685. The van der Waals surface area contributed by atoms with Gasteiger partial charge in [0.05, 0.1) is 19.8 Å². The third kappa shape index (κ3) is 1.62. The molecule has 1 unspecified atom stereocenters. The van der Waals surface area contributed by atoms with Crippen LogP contribution in [0.4, 0.5) is 0 Å². The molecule has 4 nitrogen and oxygen atoms in total. The van der Waals surface area contributed by atoms with E-state index in [1.807, 2.05) is 0 Å². The molecule has 2 N–H and O–H groups in total. The first-order valence-corrected chi connectivity index (χ1v) is 2.86. The standard InChI is InChI=1S/C5H10O4/c6-3-4(7)5-8-1-2-9-5/h4-7H,1-3H2. The van der Waals surface area contributed by atoms with Crippen LogP contribution in [0.15, 0.2) is 0 Å². The minimum atomic E-state index is -0.896. The van der Waals surface area contributed by atoms with E-state index in [0.717, 1.165) is 0 Å². The molecule has 54 valence electrons. The van der Waals surface area contributed by atoms with Crippen LogP contribution in [-0.2, 0) is 9.47 Å². The first kappa shape index (κ1) is 6.95. The first-order valence-electron chi connectivity index (χ1n) is 2.86. The van der Waals surface area contributed by atoms with Gasteiger partial charge in [-0.25, -0.2) is 0 Å². The normalized spacial score (nSPS) is 24.7. The number of rotatable bonds is 2. The maximum atomic E-state index is 8.86. The SMILES string of the molecule is OCC(O)C1OCCO1. The van der Waals surface area contributed by atoms with Crippen molar-refractivity contribution < 1.29 is 19.7 Å². The molecule has 0 amide bonds. The van der Waals surface area contributed by atoms with Crippen LogP contribution < -0.4 is 0 Å². The largest absolute Gasteiger partial charge is 0.393 e. The zero-order chi connectivity index (χ0) is 6.69. The van der Waals surface area contributed by atoms with Crippen LogP contribution >= 0.6 is 0 Å². The molecule has 0 radical (unpaired) electrons. The molecule has 1 saturated heterocycles. The monoisotopic (exact) mass is 134 g/mol. The molecule has 9 heavy (non-hydrogen) atoms. The Morgan fingerprint density at radius 2 is 2.00 bits per heavy atom. The van der Waals surface area contributed by atoms with Crippen LogP contribution in [0.25, 0.3) is 0 Å².